The van der Waals surface area contributed by atoms with Crippen LogP contribution < -0.4 is 5.32 Å². The minimum Gasteiger partial charge on any atom is -0.453 e. The summed E-state index contributed by atoms with van der Waals surface area (Å²) in [4.78, 5) is 22.6. The van der Waals surface area contributed by atoms with Gasteiger partial charge in [0.15, 0.2) is 5.78 Å². The lowest BCUT2D eigenvalue weighted by molar-refractivity contribution is -0.124. The topological polar surface area (TPSA) is 55.4 Å². The minimum absolute atomic E-state index is 0.0530. The van der Waals surface area contributed by atoms with Crippen LogP contribution in [0.1, 0.15) is 33.6 Å². The Hall–Kier alpha value is -1.06. The van der Waals surface area contributed by atoms with Gasteiger partial charge in [0.1, 0.15) is 0 Å². The van der Waals surface area contributed by atoms with Gasteiger partial charge in [-0.15, -0.1) is 0 Å². The summed E-state index contributed by atoms with van der Waals surface area (Å²) in [5.74, 6) is -0.0130. The van der Waals surface area contributed by atoms with E-state index in [1.54, 1.807) is 0 Å². The first kappa shape index (κ1) is 12.9. The van der Waals surface area contributed by atoms with E-state index in [4.69, 9.17) is 0 Å². The van der Waals surface area contributed by atoms with Crippen molar-refractivity contribution in [2.75, 3.05) is 7.11 Å². The van der Waals surface area contributed by atoms with Gasteiger partial charge in [0.25, 0.3) is 0 Å². The van der Waals surface area contributed by atoms with Crippen molar-refractivity contribution in [3.05, 3.63) is 0 Å². The Balaban J connectivity index is 4.28. The number of carbonyl (C=O) groups is 2. The van der Waals surface area contributed by atoms with E-state index in [1.807, 2.05) is 20.8 Å². The molecule has 0 aromatic heterocycles. The molecule has 0 saturated heterocycles. The Morgan fingerprint density at radius 1 is 1.36 bits per heavy atom. The Labute approximate surface area is 85.0 Å². The summed E-state index contributed by atoms with van der Waals surface area (Å²) < 4.78 is 4.45. The molecule has 0 radical (unpaired) electrons. The smallest absolute Gasteiger partial charge is 0.407 e. The van der Waals surface area contributed by atoms with Gasteiger partial charge in [0.05, 0.1) is 13.2 Å². The van der Waals surface area contributed by atoms with Gasteiger partial charge in [0.2, 0.25) is 0 Å². The molecular weight excluding hydrogens is 182 g/mol. The normalized spacial score (nSPS) is 12.4. The molecule has 4 nitrogen and oxygen atoms in total. The molecule has 0 aromatic rings. The summed E-state index contributed by atoms with van der Waals surface area (Å²) >= 11 is 0. The predicted molar refractivity (Wildman–Crippen MR) is 54.1 cm³/mol. The van der Waals surface area contributed by atoms with E-state index in [0.717, 1.165) is 6.42 Å². The van der Waals surface area contributed by atoms with Crippen LogP contribution in [0.4, 0.5) is 4.79 Å². The maximum absolute atomic E-state index is 11.6. The molecule has 0 saturated carbocycles. The van der Waals surface area contributed by atoms with E-state index in [-0.39, 0.29) is 11.7 Å². The number of hydrogen-bond donors (Lipinski definition) is 1. The molecule has 0 rings (SSSR count). The molecule has 1 amide bonds. The second-order valence-electron chi connectivity index (χ2n) is 3.53. The van der Waals surface area contributed by atoms with Crippen LogP contribution in [-0.2, 0) is 9.53 Å². The van der Waals surface area contributed by atoms with E-state index < -0.39 is 12.1 Å². The lowest BCUT2D eigenvalue weighted by atomic mass is 9.98. The molecule has 0 aliphatic heterocycles. The molecule has 14 heavy (non-hydrogen) atoms. The van der Waals surface area contributed by atoms with Crippen molar-refractivity contribution < 1.29 is 14.3 Å². The van der Waals surface area contributed by atoms with Gasteiger partial charge in [-0.05, 0) is 6.42 Å². The highest BCUT2D eigenvalue weighted by Gasteiger charge is 2.22. The predicted octanol–water partition coefficient (Wildman–Crippen LogP) is 1.74. The molecule has 0 aliphatic carbocycles. The Bertz CT molecular complexity index is 202. The molecule has 0 heterocycles. The maximum atomic E-state index is 11.6. The third-order valence-corrected chi connectivity index (χ3v) is 1.97. The first-order valence-electron chi connectivity index (χ1n) is 4.91. The summed E-state index contributed by atoms with van der Waals surface area (Å²) in [6.45, 7) is 5.62. The molecule has 4 heteroatoms. The van der Waals surface area contributed by atoms with Crippen LogP contribution in [0.2, 0.25) is 0 Å². The van der Waals surface area contributed by atoms with Crippen molar-refractivity contribution in [3.63, 3.8) is 0 Å². The fourth-order valence-corrected chi connectivity index (χ4v) is 1.18. The largest absolute Gasteiger partial charge is 0.453 e. The average molecular weight is 201 g/mol. The van der Waals surface area contributed by atoms with Gasteiger partial charge < -0.3 is 10.1 Å². The van der Waals surface area contributed by atoms with Crippen molar-refractivity contribution in [1.29, 1.82) is 0 Å². The fourth-order valence-electron chi connectivity index (χ4n) is 1.18. The van der Waals surface area contributed by atoms with Crippen molar-refractivity contribution in [2.24, 2.45) is 5.92 Å². The standard InChI is InChI=1S/C10H19NO3/c1-5-6-8(9(12)7(2)3)11-10(13)14-4/h7-8H,5-6H2,1-4H3,(H,11,13)/t8-/m0/s1. The molecule has 0 aromatic carbocycles. The number of rotatable bonds is 5. The third kappa shape index (κ3) is 4.25. The summed E-state index contributed by atoms with van der Waals surface area (Å²) in [6.07, 6.45) is 0.969. The van der Waals surface area contributed by atoms with Gasteiger partial charge in [-0.25, -0.2) is 4.79 Å². The van der Waals surface area contributed by atoms with Crippen LogP contribution in [0, 0.1) is 5.92 Å². The molecule has 0 bridgehead atoms. The quantitative estimate of drug-likeness (QED) is 0.737. The molecule has 0 aliphatic rings. The number of carbonyl (C=O) groups excluding carboxylic acids is 2. The minimum atomic E-state index is -0.544. The zero-order valence-electron chi connectivity index (χ0n) is 9.29. The van der Waals surface area contributed by atoms with Gasteiger partial charge in [-0.3, -0.25) is 4.79 Å². The van der Waals surface area contributed by atoms with Crippen molar-refractivity contribution >= 4 is 11.9 Å². The molecule has 0 spiro atoms. The number of hydrogen-bond acceptors (Lipinski definition) is 3. The first-order valence-corrected chi connectivity index (χ1v) is 4.91. The van der Waals surface area contributed by atoms with Crippen LogP contribution >= 0.6 is 0 Å². The average Bonchev–Trinajstić information content (AvgIpc) is 2.15. The molecule has 82 valence electrons. The van der Waals surface area contributed by atoms with E-state index in [0.29, 0.717) is 6.42 Å². The molecule has 0 unspecified atom stereocenters. The number of amides is 1. The van der Waals surface area contributed by atoms with Crippen LogP contribution in [0.5, 0.6) is 0 Å². The Morgan fingerprint density at radius 2 is 1.93 bits per heavy atom. The van der Waals surface area contributed by atoms with Crippen LogP contribution in [0.25, 0.3) is 0 Å². The Morgan fingerprint density at radius 3 is 2.29 bits per heavy atom. The van der Waals surface area contributed by atoms with Crippen molar-refractivity contribution in [1.82, 2.24) is 5.32 Å². The van der Waals surface area contributed by atoms with Gasteiger partial charge in [-0.1, -0.05) is 27.2 Å². The SMILES string of the molecule is CCC[C@H](NC(=O)OC)C(=O)C(C)C. The zero-order chi connectivity index (χ0) is 11.1. The van der Waals surface area contributed by atoms with E-state index >= 15 is 0 Å². The van der Waals surface area contributed by atoms with E-state index in [2.05, 4.69) is 10.1 Å². The van der Waals surface area contributed by atoms with E-state index in [1.165, 1.54) is 7.11 Å². The third-order valence-electron chi connectivity index (χ3n) is 1.97. The highest BCUT2D eigenvalue weighted by atomic mass is 16.5. The summed E-state index contributed by atoms with van der Waals surface area (Å²) in [6, 6.07) is -0.410. The lowest BCUT2D eigenvalue weighted by Crippen LogP contribution is -2.42. The monoisotopic (exact) mass is 201 g/mol. The number of alkyl carbamates (subject to hydrolysis) is 1. The number of methoxy groups -OCH3 is 1. The molecule has 0 fully saturated rings. The second-order valence-corrected chi connectivity index (χ2v) is 3.53. The lowest BCUT2D eigenvalue weighted by Gasteiger charge is -2.17. The Kier molecular flexibility index (Phi) is 5.92. The number of ketones is 1. The highest BCUT2D eigenvalue weighted by molar-refractivity contribution is 5.88. The first-order chi connectivity index (χ1) is 6.52. The van der Waals surface area contributed by atoms with Gasteiger partial charge in [-0.2, -0.15) is 0 Å². The number of ether oxygens (including phenoxy) is 1. The molecule has 1 atom stereocenters. The fraction of sp³-hybridized carbons (Fsp3) is 0.800. The van der Waals surface area contributed by atoms with Crippen LogP contribution in [-0.4, -0.2) is 25.0 Å². The summed E-state index contributed by atoms with van der Waals surface area (Å²) in [5, 5.41) is 2.54. The number of Topliss-reactive ketones (excluding diaryl/α,β-unsaturated/α-hetero) is 1. The van der Waals surface area contributed by atoms with Crippen LogP contribution in [0.3, 0.4) is 0 Å². The highest BCUT2D eigenvalue weighted by Crippen LogP contribution is 2.05. The van der Waals surface area contributed by atoms with Crippen LogP contribution in [0.15, 0.2) is 0 Å². The summed E-state index contributed by atoms with van der Waals surface area (Å²) in [5.41, 5.74) is 0. The maximum Gasteiger partial charge on any atom is 0.407 e. The van der Waals surface area contributed by atoms with E-state index in [9.17, 15) is 9.59 Å². The molecule has 1 N–H and O–H groups in total. The van der Waals surface area contributed by atoms with Gasteiger partial charge in [0, 0.05) is 5.92 Å². The second kappa shape index (κ2) is 6.40. The molecular formula is C10H19NO3. The van der Waals surface area contributed by atoms with Crippen molar-refractivity contribution in [3.8, 4) is 0 Å². The van der Waals surface area contributed by atoms with Crippen molar-refractivity contribution in [2.45, 2.75) is 39.7 Å². The van der Waals surface area contributed by atoms with Gasteiger partial charge >= 0.3 is 6.09 Å². The summed E-state index contributed by atoms with van der Waals surface area (Å²) in [7, 11) is 1.29. The number of nitrogens with one attached hydrogen (secondary N) is 1. The zero-order valence-corrected chi connectivity index (χ0v) is 9.29.